The number of carboxylic acid groups (broad SMARTS) is 1. The Kier molecular flexibility index (Phi) is 5.15. The molecule has 14 heavy (non-hydrogen) atoms. The molecule has 0 aliphatic rings. The maximum Gasteiger partial charge on any atom is 0.335 e. The van der Waals surface area contributed by atoms with Crippen LogP contribution in [0.25, 0.3) is 0 Å². The molecule has 0 saturated carbocycles. The Morgan fingerprint density at radius 3 is 2.21 bits per heavy atom. The van der Waals surface area contributed by atoms with E-state index in [1.54, 1.807) is 12.1 Å². The van der Waals surface area contributed by atoms with Crippen LogP contribution < -0.4 is 11.5 Å². The van der Waals surface area contributed by atoms with E-state index in [0.29, 0.717) is 6.54 Å². The predicted molar refractivity (Wildman–Crippen MR) is 56.6 cm³/mol. The Morgan fingerprint density at radius 2 is 1.86 bits per heavy atom. The number of carbonyl (C=O) groups is 1. The number of hydrogen-bond acceptors (Lipinski definition) is 3. The molecular weight excluding hydrogens is 204 g/mol. The Hall–Kier alpha value is -1.10. The standard InChI is InChI=1S/C9H12N2O2.ClH/c10-5-8(11)6-1-3-7(4-2-6)9(12)13;/h1-4,8H,5,10-11H2,(H,12,13);1H/t8-;/m0./s1. The molecule has 0 aliphatic carbocycles. The molecule has 0 radical (unpaired) electrons. The molecule has 5 N–H and O–H groups in total. The highest BCUT2D eigenvalue weighted by molar-refractivity contribution is 5.87. The monoisotopic (exact) mass is 216 g/mol. The number of benzene rings is 1. The molecule has 0 amide bonds. The average Bonchev–Trinajstić information content (AvgIpc) is 2.17. The first-order valence-electron chi connectivity index (χ1n) is 3.94. The topological polar surface area (TPSA) is 89.3 Å². The third kappa shape index (κ3) is 2.99. The Bertz CT molecular complexity index is 300. The van der Waals surface area contributed by atoms with Gasteiger partial charge in [0.2, 0.25) is 0 Å². The summed E-state index contributed by atoms with van der Waals surface area (Å²) < 4.78 is 0. The van der Waals surface area contributed by atoms with Crippen LogP contribution in [0.1, 0.15) is 22.0 Å². The summed E-state index contributed by atoms with van der Waals surface area (Å²) in [6.45, 7) is 0.354. The van der Waals surface area contributed by atoms with E-state index in [9.17, 15) is 4.79 Å². The maximum atomic E-state index is 10.5. The van der Waals surface area contributed by atoms with E-state index in [1.807, 2.05) is 0 Å². The summed E-state index contributed by atoms with van der Waals surface area (Å²) in [4.78, 5) is 10.5. The van der Waals surface area contributed by atoms with Gasteiger partial charge in [0, 0.05) is 12.6 Å². The Morgan fingerprint density at radius 1 is 1.36 bits per heavy atom. The van der Waals surface area contributed by atoms with Gasteiger partial charge in [-0.1, -0.05) is 12.1 Å². The first kappa shape index (κ1) is 12.9. The van der Waals surface area contributed by atoms with Crippen LogP contribution in [0.2, 0.25) is 0 Å². The molecule has 0 bridgehead atoms. The molecule has 0 aromatic heterocycles. The lowest BCUT2D eigenvalue weighted by Crippen LogP contribution is -2.20. The highest BCUT2D eigenvalue weighted by Crippen LogP contribution is 2.10. The van der Waals surface area contributed by atoms with Gasteiger partial charge in [-0.3, -0.25) is 0 Å². The summed E-state index contributed by atoms with van der Waals surface area (Å²) in [5, 5.41) is 8.62. The molecule has 0 spiro atoms. The summed E-state index contributed by atoms with van der Waals surface area (Å²) in [6.07, 6.45) is 0. The Balaban J connectivity index is 0.00000169. The van der Waals surface area contributed by atoms with Crippen molar-refractivity contribution in [1.29, 1.82) is 0 Å². The SMILES string of the molecule is Cl.NC[C@H](N)c1ccc(C(=O)O)cc1. The van der Waals surface area contributed by atoms with Gasteiger partial charge >= 0.3 is 5.97 Å². The van der Waals surface area contributed by atoms with Crippen LogP contribution >= 0.6 is 12.4 Å². The number of aromatic carboxylic acids is 1. The zero-order valence-electron chi connectivity index (χ0n) is 7.51. The molecule has 5 heteroatoms. The Labute approximate surface area is 88.3 Å². The van der Waals surface area contributed by atoms with Crippen molar-refractivity contribution in [2.24, 2.45) is 11.5 Å². The molecule has 0 aliphatic heterocycles. The van der Waals surface area contributed by atoms with Crippen LogP contribution in [0, 0.1) is 0 Å². The van der Waals surface area contributed by atoms with Gasteiger partial charge < -0.3 is 16.6 Å². The van der Waals surface area contributed by atoms with Gasteiger partial charge in [-0.25, -0.2) is 4.79 Å². The average molecular weight is 217 g/mol. The van der Waals surface area contributed by atoms with Crippen LogP contribution in [-0.2, 0) is 0 Å². The quantitative estimate of drug-likeness (QED) is 0.696. The fourth-order valence-electron chi connectivity index (χ4n) is 1.01. The fourth-order valence-corrected chi connectivity index (χ4v) is 1.01. The highest BCUT2D eigenvalue weighted by atomic mass is 35.5. The van der Waals surface area contributed by atoms with Crippen molar-refractivity contribution in [3.63, 3.8) is 0 Å². The van der Waals surface area contributed by atoms with Crippen molar-refractivity contribution < 1.29 is 9.90 Å². The number of rotatable bonds is 3. The van der Waals surface area contributed by atoms with Crippen LogP contribution in [0.3, 0.4) is 0 Å². The largest absolute Gasteiger partial charge is 0.478 e. The third-order valence-corrected chi connectivity index (χ3v) is 1.84. The van der Waals surface area contributed by atoms with E-state index < -0.39 is 5.97 Å². The molecule has 1 rings (SSSR count). The fraction of sp³-hybridized carbons (Fsp3) is 0.222. The van der Waals surface area contributed by atoms with Crippen LogP contribution in [0.4, 0.5) is 0 Å². The lowest BCUT2D eigenvalue weighted by atomic mass is 10.1. The van der Waals surface area contributed by atoms with E-state index in [4.69, 9.17) is 16.6 Å². The molecule has 1 atom stereocenters. The van der Waals surface area contributed by atoms with Gasteiger partial charge in [-0.15, -0.1) is 12.4 Å². The zero-order chi connectivity index (χ0) is 9.84. The van der Waals surface area contributed by atoms with Crippen molar-refractivity contribution in [3.8, 4) is 0 Å². The van der Waals surface area contributed by atoms with Gasteiger partial charge in [0.1, 0.15) is 0 Å². The summed E-state index contributed by atoms with van der Waals surface area (Å²) in [7, 11) is 0. The van der Waals surface area contributed by atoms with Gasteiger partial charge in [-0.2, -0.15) is 0 Å². The number of hydrogen-bond donors (Lipinski definition) is 3. The van der Waals surface area contributed by atoms with Crippen molar-refractivity contribution in [3.05, 3.63) is 35.4 Å². The van der Waals surface area contributed by atoms with Crippen molar-refractivity contribution in [2.45, 2.75) is 6.04 Å². The number of halogens is 1. The second kappa shape index (κ2) is 5.59. The number of nitrogens with two attached hydrogens (primary N) is 2. The minimum absolute atomic E-state index is 0. The van der Waals surface area contributed by atoms with Gasteiger partial charge in [0.15, 0.2) is 0 Å². The molecule has 1 aromatic carbocycles. The summed E-state index contributed by atoms with van der Waals surface area (Å²) in [5.41, 5.74) is 12.1. The molecule has 0 heterocycles. The van der Waals surface area contributed by atoms with E-state index >= 15 is 0 Å². The molecule has 4 nitrogen and oxygen atoms in total. The molecule has 78 valence electrons. The van der Waals surface area contributed by atoms with Gasteiger partial charge in [0.05, 0.1) is 5.56 Å². The minimum Gasteiger partial charge on any atom is -0.478 e. The lowest BCUT2D eigenvalue weighted by molar-refractivity contribution is 0.0697. The molecule has 0 saturated heterocycles. The first-order chi connectivity index (χ1) is 6.15. The predicted octanol–water partition coefficient (Wildman–Crippen LogP) is 0.765. The van der Waals surface area contributed by atoms with Crippen molar-refractivity contribution in [2.75, 3.05) is 6.54 Å². The van der Waals surface area contributed by atoms with E-state index in [2.05, 4.69) is 0 Å². The van der Waals surface area contributed by atoms with Crippen molar-refractivity contribution >= 4 is 18.4 Å². The molecule has 0 unspecified atom stereocenters. The van der Waals surface area contributed by atoms with Crippen molar-refractivity contribution in [1.82, 2.24) is 0 Å². The van der Waals surface area contributed by atoms with Gasteiger partial charge in [0.25, 0.3) is 0 Å². The van der Waals surface area contributed by atoms with E-state index in [-0.39, 0.29) is 24.0 Å². The smallest absolute Gasteiger partial charge is 0.335 e. The first-order valence-corrected chi connectivity index (χ1v) is 3.94. The maximum absolute atomic E-state index is 10.5. The van der Waals surface area contributed by atoms with E-state index in [0.717, 1.165) is 5.56 Å². The molecule has 1 aromatic rings. The summed E-state index contributed by atoms with van der Waals surface area (Å²) in [6, 6.07) is 6.19. The molecular formula is C9H13ClN2O2. The second-order valence-electron chi connectivity index (χ2n) is 2.77. The normalized spacial score (nSPS) is 11.6. The van der Waals surface area contributed by atoms with E-state index in [1.165, 1.54) is 12.1 Å². The lowest BCUT2D eigenvalue weighted by Gasteiger charge is -2.08. The summed E-state index contributed by atoms with van der Waals surface area (Å²) in [5.74, 6) is -0.937. The highest BCUT2D eigenvalue weighted by Gasteiger charge is 2.05. The third-order valence-electron chi connectivity index (χ3n) is 1.84. The van der Waals surface area contributed by atoms with Crippen LogP contribution in [-0.4, -0.2) is 17.6 Å². The minimum atomic E-state index is -0.937. The summed E-state index contributed by atoms with van der Waals surface area (Å²) >= 11 is 0. The zero-order valence-corrected chi connectivity index (χ0v) is 8.33. The second-order valence-corrected chi connectivity index (χ2v) is 2.77. The van der Waals surface area contributed by atoms with Crippen LogP contribution in [0.15, 0.2) is 24.3 Å². The van der Waals surface area contributed by atoms with Gasteiger partial charge in [-0.05, 0) is 17.7 Å². The molecule has 0 fully saturated rings. The van der Waals surface area contributed by atoms with Crippen LogP contribution in [0.5, 0.6) is 0 Å². The number of carboxylic acids is 1.